The molecule has 0 aromatic heterocycles. The lowest BCUT2D eigenvalue weighted by Gasteiger charge is -1.97. The topological polar surface area (TPSA) is 0 Å². The number of aryl methyl sites for hydroxylation is 1. The van der Waals surface area contributed by atoms with Gasteiger partial charge in [0.25, 0.3) is 0 Å². The van der Waals surface area contributed by atoms with E-state index in [1.807, 2.05) is 0 Å². The largest absolute Gasteiger partial charge is 0.0795 e. The van der Waals surface area contributed by atoms with E-state index in [4.69, 9.17) is 0 Å². The van der Waals surface area contributed by atoms with Crippen LogP contribution in [0.1, 0.15) is 18.1 Å². The van der Waals surface area contributed by atoms with Gasteiger partial charge in [0.15, 0.2) is 0 Å². The zero-order valence-electron chi connectivity index (χ0n) is 6.09. The van der Waals surface area contributed by atoms with Gasteiger partial charge in [-0.3, -0.25) is 0 Å². The van der Waals surface area contributed by atoms with Crippen molar-refractivity contribution in [3.8, 4) is 0 Å². The summed E-state index contributed by atoms with van der Waals surface area (Å²) in [4.78, 5) is 0. The Morgan fingerprint density at radius 3 is 3.20 bits per heavy atom. The third-order valence-electron chi connectivity index (χ3n) is 1.94. The van der Waals surface area contributed by atoms with Gasteiger partial charge in [0.1, 0.15) is 0 Å². The summed E-state index contributed by atoms with van der Waals surface area (Å²) in [7, 11) is 0. The molecule has 0 heteroatoms. The molecular weight excluding hydrogens is 120 g/mol. The lowest BCUT2D eigenvalue weighted by molar-refractivity contribution is 1.29. The van der Waals surface area contributed by atoms with Crippen LogP contribution in [0.5, 0.6) is 0 Å². The third-order valence-corrected chi connectivity index (χ3v) is 1.94. The molecule has 0 spiro atoms. The van der Waals surface area contributed by atoms with Gasteiger partial charge in [-0.2, -0.15) is 0 Å². The van der Waals surface area contributed by atoms with Gasteiger partial charge in [-0.15, -0.1) is 0 Å². The van der Waals surface area contributed by atoms with E-state index in [2.05, 4.69) is 37.3 Å². The summed E-state index contributed by atoms with van der Waals surface area (Å²) in [5.41, 5.74) is 4.22. The van der Waals surface area contributed by atoms with E-state index < -0.39 is 0 Å². The van der Waals surface area contributed by atoms with Gasteiger partial charge in [-0.25, -0.2) is 0 Å². The van der Waals surface area contributed by atoms with Gasteiger partial charge in [-0.05, 0) is 24.5 Å². The third kappa shape index (κ3) is 0.766. The molecule has 1 aromatic carbocycles. The molecule has 10 heavy (non-hydrogen) atoms. The highest BCUT2D eigenvalue weighted by Crippen LogP contribution is 2.19. The minimum Gasteiger partial charge on any atom is -0.0795 e. The van der Waals surface area contributed by atoms with Crippen molar-refractivity contribution >= 4 is 6.08 Å². The molecule has 0 saturated heterocycles. The van der Waals surface area contributed by atoms with E-state index in [0.717, 1.165) is 6.42 Å². The molecular formula is C10H12. The van der Waals surface area contributed by atoms with Gasteiger partial charge in [-0.1, -0.05) is 35.9 Å². The first-order valence-corrected chi connectivity index (χ1v) is 3.62. The molecule has 0 amide bonds. The van der Waals surface area contributed by atoms with E-state index in [0.29, 0.717) is 0 Å². The molecule has 1 aliphatic carbocycles. The van der Waals surface area contributed by atoms with Gasteiger partial charge in [0.2, 0.25) is 0 Å². The van der Waals surface area contributed by atoms with E-state index in [1.54, 1.807) is 0 Å². The molecule has 0 aliphatic heterocycles. The first-order chi connectivity index (χ1) is 4.86. The van der Waals surface area contributed by atoms with Crippen LogP contribution >= 0.6 is 0 Å². The number of fused-ring (bicyclic) bond motifs is 1. The Morgan fingerprint density at radius 2 is 2.30 bits per heavy atom. The fourth-order valence-electron chi connectivity index (χ4n) is 1.37. The molecule has 1 aromatic rings. The Hall–Kier alpha value is -1.04. The van der Waals surface area contributed by atoms with Crippen LogP contribution < -0.4 is 0 Å². The first-order valence-electron chi connectivity index (χ1n) is 3.62. The van der Waals surface area contributed by atoms with Crippen LogP contribution in [0.2, 0.25) is 0 Å². The van der Waals surface area contributed by atoms with Crippen molar-refractivity contribution in [3.63, 3.8) is 0 Å². The fourth-order valence-corrected chi connectivity index (χ4v) is 1.37. The van der Waals surface area contributed by atoms with Crippen molar-refractivity contribution in [2.75, 3.05) is 0 Å². The monoisotopic (exact) mass is 132 g/mol. The molecule has 0 fully saturated rings. The average molecular weight is 132 g/mol. The molecule has 0 radical (unpaired) electrons. The molecule has 1 aliphatic rings. The predicted octanol–water partition coefficient (Wildman–Crippen LogP) is 2.81. The normalized spacial score (nSPS) is 13.7. The molecule has 0 heterocycles. The van der Waals surface area contributed by atoms with Crippen LogP contribution in [0.4, 0.5) is 0 Å². The van der Waals surface area contributed by atoms with Gasteiger partial charge in [0, 0.05) is 1.43 Å². The Kier molecular flexibility index (Phi) is 1.13. The highest BCUT2D eigenvalue weighted by Gasteiger charge is 2.02. The van der Waals surface area contributed by atoms with Crippen LogP contribution in [-0.4, -0.2) is 0 Å². The van der Waals surface area contributed by atoms with Gasteiger partial charge < -0.3 is 0 Å². The second-order valence-corrected chi connectivity index (χ2v) is 2.81. The standard InChI is InChI=1S/C10H10.H2/c1-8-5-6-9-3-2-4-10(9)7-8;/h2,4-7H,3H2,1H3;1H. The SMILES string of the molecule is Cc1ccc2c(c1)C=CC2.[HH]. The van der Waals surface area contributed by atoms with E-state index in [1.165, 1.54) is 16.7 Å². The molecule has 0 nitrogen and oxygen atoms in total. The number of hydrogen-bond donors (Lipinski definition) is 0. The zero-order valence-corrected chi connectivity index (χ0v) is 6.09. The summed E-state index contributed by atoms with van der Waals surface area (Å²) < 4.78 is 0. The summed E-state index contributed by atoms with van der Waals surface area (Å²) >= 11 is 0. The molecule has 0 atom stereocenters. The quantitative estimate of drug-likeness (QED) is 0.509. The number of benzene rings is 1. The smallest absolute Gasteiger partial charge is 0 e. The van der Waals surface area contributed by atoms with E-state index in [-0.39, 0.29) is 1.43 Å². The molecule has 52 valence electrons. The molecule has 0 bridgehead atoms. The van der Waals surface area contributed by atoms with Crippen molar-refractivity contribution in [2.45, 2.75) is 13.3 Å². The van der Waals surface area contributed by atoms with Gasteiger partial charge >= 0.3 is 0 Å². The maximum Gasteiger partial charge on any atom is 0 e. The van der Waals surface area contributed by atoms with E-state index >= 15 is 0 Å². The molecule has 2 rings (SSSR count). The summed E-state index contributed by atoms with van der Waals surface area (Å²) in [5, 5.41) is 0. The Morgan fingerprint density at radius 1 is 1.40 bits per heavy atom. The lowest BCUT2D eigenvalue weighted by Crippen LogP contribution is -1.81. The maximum atomic E-state index is 2.23. The highest BCUT2D eigenvalue weighted by molar-refractivity contribution is 5.60. The van der Waals surface area contributed by atoms with Crippen LogP contribution in [0, 0.1) is 6.92 Å². The molecule has 0 N–H and O–H groups in total. The number of rotatable bonds is 0. The Labute approximate surface area is 62.7 Å². The molecule has 0 saturated carbocycles. The van der Waals surface area contributed by atoms with Crippen molar-refractivity contribution in [1.82, 2.24) is 0 Å². The van der Waals surface area contributed by atoms with E-state index in [9.17, 15) is 0 Å². The Balaban J connectivity index is 0.000000605. The van der Waals surface area contributed by atoms with Crippen molar-refractivity contribution in [2.24, 2.45) is 0 Å². The van der Waals surface area contributed by atoms with Crippen LogP contribution in [0.3, 0.4) is 0 Å². The lowest BCUT2D eigenvalue weighted by atomic mass is 10.1. The highest BCUT2D eigenvalue weighted by atomic mass is 14.1. The minimum atomic E-state index is 0. The summed E-state index contributed by atoms with van der Waals surface area (Å²) in [6.45, 7) is 2.13. The van der Waals surface area contributed by atoms with Gasteiger partial charge in [0.05, 0.1) is 0 Å². The van der Waals surface area contributed by atoms with Crippen molar-refractivity contribution in [3.05, 3.63) is 41.0 Å². The molecule has 0 unspecified atom stereocenters. The second-order valence-electron chi connectivity index (χ2n) is 2.81. The van der Waals surface area contributed by atoms with Crippen molar-refractivity contribution in [1.29, 1.82) is 0 Å². The van der Waals surface area contributed by atoms with Crippen LogP contribution in [0.25, 0.3) is 6.08 Å². The summed E-state index contributed by atoms with van der Waals surface area (Å²) in [5.74, 6) is 0. The average Bonchev–Trinajstić information content (AvgIpc) is 2.33. The Bertz CT molecular complexity index is 287. The number of allylic oxidation sites excluding steroid dienone is 1. The summed E-state index contributed by atoms with van der Waals surface area (Å²) in [6.07, 6.45) is 5.53. The van der Waals surface area contributed by atoms with Crippen LogP contribution in [-0.2, 0) is 6.42 Å². The summed E-state index contributed by atoms with van der Waals surface area (Å²) in [6, 6.07) is 6.62. The van der Waals surface area contributed by atoms with Crippen LogP contribution in [0.15, 0.2) is 24.3 Å². The predicted molar refractivity (Wildman–Crippen MR) is 46.0 cm³/mol. The minimum absolute atomic E-state index is 0. The maximum absolute atomic E-state index is 2.23. The van der Waals surface area contributed by atoms with Crippen molar-refractivity contribution < 1.29 is 1.43 Å². The number of hydrogen-bond acceptors (Lipinski definition) is 0. The first kappa shape index (κ1) is 5.72. The zero-order chi connectivity index (χ0) is 6.97. The fraction of sp³-hybridized carbons (Fsp3) is 0.200. The second kappa shape index (κ2) is 1.98.